The molecule has 2 amide bonds. The lowest BCUT2D eigenvalue weighted by Crippen LogP contribution is -2.32. The predicted molar refractivity (Wildman–Crippen MR) is 115 cm³/mol. The molecule has 33 heavy (non-hydrogen) atoms. The molecule has 0 atom stereocenters. The highest BCUT2D eigenvalue weighted by atomic mass is 32.1. The summed E-state index contributed by atoms with van der Waals surface area (Å²) in [6, 6.07) is 9.21. The summed E-state index contributed by atoms with van der Waals surface area (Å²) < 4.78 is 54.8. The van der Waals surface area contributed by atoms with Gasteiger partial charge in [0.25, 0.3) is 5.91 Å². The summed E-state index contributed by atoms with van der Waals surface area (Å²) in [7, 11) is 0. The molecule has 2 heterocycles. The standard InChI is InChI=1S/C22H16F4N4O2S/c1-11-14-8-17(33-22(14)30(29-11)10-12-2-4-13(23)5-3-12)21(32)27-9-18(31)28-16-7-6-15(24)19(25)20(16)26/h2-8H,9-10H2,1H3,(H,27,32)(H,28,31). The van der Waals surface area contributed by atoms with Crippen molar-refractivity contribution in [1.82, 2.24) is 15.1 Å². The van der Waals surface area contributed by atoms with Crippen molar-refractivity contribution in [2.24, 2.45) is 0 Å². The number of nitrogens with one attached hydrogen (secondary N) is 2. The van der Waals surface area contributed by atoms with E-state index in [9.17, 15) is 27.2 Å². The molecule has 0 unspecified atom stereocenters. The number of rotatable bonds is 6. The number of anilines is 1. The lowest BCUT2D eigenvalue weighted by Gasteiger charge is -2.08. The predicted octanol–water partition coefficient (Wildman–Crippen LogP) is 4.38. The molecule has 0 fully saturated rings. The van der Waals surface area contributed by atoms with Gasteiger partial charge in [-0.15, -0.1) is 11.3 Å². The zero-order valence-electron chi connectivity index (χ0n) is 17.1. The van der Waals surface area contributed by atoms with Crippen LogP contribution in [0.5, 0.6) is 0 Å². The van der Waals surface area contributed by atoms with Gasteiger partial charge >= 0.3 is 0 Å². The van der Waals surface area contributed by atoms with E-state index in [2.05, 4.69) is 15.7 Å². The number of thiophene rings is 1. The van der Waals surface area contributed by atoms with Crippen LogP contribution >= 0.6 is 11.3 Å². The number of benzene rings is 2. The molecule has 170 valence electrons. The zero-order valence-corrected chi connectivity index (χ0v) is 17.9. The zero-order chi connectivity index (χ0) is 23.7. The average molecular weight is 476 g/mol. The molecule has 0 aliphatic carbocycles. The number of hydrogen-bond donors (Lipinski definition) is 2. The fourth-order valence-electron chi connectivity index (χ4n) is 3.16. The van der Waals surface area contributed by atoms with Crippen LogP contribution in [0, 0.1) is 30.2 Å². The van der Waals surface area contributed by atoms with E-state index in [0.717, 1.165) is 21.8 Å². The SMILES string of the molecule is Cc1nn(Cc2ccc(F)cc2)c2sc(C(=O)NCC(=O)Nc3ccc(F)c(F)c3F)cc12. The van der Waals surface area contributed by atoms with Crippen molar-refractivity contribution in [2.45, 2.75) is 13.5 Å². The van der Waals surface area contributed by atoms with Crippen LogP contribution in [0.3, 0.4) is 0 Å². The van der Waals surface area contributed by atoms with Crippen molar-refractivity contribution in [2.75, 3.05) is 11.9 Å². The van der Waals surface area contributed by atoms with Crippen LogP contribution in [0.15, 0.2) is 42.5 Å². The Hall–Kier alpha value is -3.73. The first kappa shape index (κ1) is 22.5. The van der Waals surface area contributed by atoms with Crippen molar-refractivity contribution in [3.05, 3.63) is 81.9 Å². The van der Waals surface area contributed by atoms with Crippen LogP contribution in [0.2, 0.25) is 0 Å². The maximum Gasteiger partial charge on any atom is 0.261 e. The van der Waals surface area contributed by atoms with Crippen LogP contribution in [0.25, 0.3) is 10.2 Å². The number of carbonyl (C=O) groups excluding carboxylic acids is 2. The smallest absolute Gasteiger partial charge is 0.261 e. The van der Waals surface area contributed by atoms with E-state index in [1.807, 2.05) is 0 Å². The summed E-state index contributed by atoms with van der Waals surface area (Å²) in [5, 5.41) is 9.71. The summed E-state index contributed by atoms with van der Waals surface area (Å²) in [6.45, 7) is 1.67. The van der Waals surface area contributed by atoms with Gasteiger partial charge in [0, 0.05) is 5.39 Å². The number of amides is 2. The third-order valence-electron chi connectivity index (χ3n) is 4.80. The highest BCUT2D eigenvalue weighted by Gasteiger charge is 2.19. The number of halogens is 4. The largest absolute Gasteiger partial charge is 0.342 e. The van der Waals surface area contributed by atoms with E-state index < -0.39 is 41.5 Å². The summed E-state index contributed by atoms with van der Waals surface area (Å²) in [6.07, 6.45) is 0. The van der Waals surface area contributed by atoms with Gasteiger partial charge in [0.05, 0.1) is 29.3 Å². The Morgan fingerprint density at radius 3 is 2.48 bits per heavy atom. The minimum atomic E-state index is -1.70. The van der Waals surface area contributed by atoms with Gasteiger partial charge in [-0.25, -0.2) is 17.6 Å². The summed E-state index contributed by atoms with van der Waals surface area (Å²) >= 11 is 1.17. The Balaban J connectivity index is 1.43. The monoisotopic (exact) mass is 476 g/mol. The van der Waals surface area contributed by atoms with Crippen molar-refractivity contribution in [3.8, 4) is 0 Å². The van der Waals surface area contributed by atoms with E-state index >= 15 is 0 Å². The summed E-state index contributed by atoms with van der Waals surface area (Å²) in [4.78, 5) is 25.6. The number of fused-ring (bicyclic) bond motifs is 1. The highest BCUT2D eigenvalue weighted by molar-refractivity contribution is 7.20. The molecule has 2 aromatic carbocycles. The third-order valence-corrected chi connectivity index (χ3v) is 5.94. The van der Waals surface area contributed by atoms with Crippen LogP contribution in [-0.4, -0.2) is 28.1 Å². The Kier molecular flexibility index (Phi) is 6.14. The van der Waals surface area contributed by atoms with Gasteiger partial charge in [-0.1, -0.05) is 12.1 Å². The number of hydrogen-bond acceptors (Lipinski definition) is 4. The normalized spacial score (nSPS) is 11.1. The second-order valence-corrected chi connectivity index (χ2v) is 8.18. The molecule has 2 N–H and O–H groups in total. The van der Waals surface area contributed by atoms with Crippen molar-refractivity contribution in [3.63, 3.8) is 0 Å². The van der Waals surface area contributed by atoms with Gasteiger partial charge < -0.3 is 10.6 Å². The molecule has 0 radical (unpaired) electrons. The van der Waals surface area contributed by atoms with Gasteiger partial charge in [-0.2, -0.15) is 5.10 Å². The molecule has 0 aliphatic rings. The average Bonchev–Trinajstić information content (AvgIpc) is 3.35. The van der Waals surface area contributed by atoms with Crippen molar-refractivity contribution >= 4 is 39.1 Å². The molecule has 0 saturated heterocycles. The second-order valence-electron chi connectivity index (χ2n) is 7.15. The van der Waals surface area contributed by atoms with Gasteiger partial charge in [0.2, 0.25) is 5.91 Å². The molecule has 0 aliphatic heterocycles. The van der Waals surface area contributed by atoms with Crippen LogP contribution in [-0.2, 0) is 11.3 Å². The van der Waals surface area contributed by atoms with Crippen LogP contribution in [0.1, 0.15) is 20.9 Å². The van der Waals surface area contributed by atoms with Crippen molar-refractivity contribution in [1.29, 1.82) is 0 Å². The van der Waals surface area contributed by atoms with E-state index in [0.29, 0.717) is 23.2 Å². The molecule has 0 bridgehead atoms. The fraction of sp³-hybridized carbons (Fsp3) is 0.136. The lowest BCUT2D eigenvalue weighted by molar-refractivity contribution is -0.115. The maximum absolute atomic E-state index is 13.7. The number of nitrogens with zero attached hydrogens (tertiary/aromatic N) is 2. The Bertz CT molecular complexity index is 1370. The van der Waals surface area contributed by atoms with E-state index in [1.54, 1.807) is 29.8 Å². The Morgan fingerprint density at radius 2 is 1.76 bits per heavy atom. The fourth-order valence-corrected chi connectivity index (χ4v) is 4.24. The number of carbonyl (C=O) groups is 2. The number of aryl methyl sites for hydroxylation is 1. The molecule has 4 aromatic rings. The van der Waals surface area contributed by atoms with Crippen molar-refractivity contribution < 1.29 is 27.2 Å². The van der Waals surface area contributed by atoms with Crippen LogP contribution < -0.4 is 10.6 Å². The van der Waals surface area contributed by atoms with Gasteiger partial charge in [0.15, 0.2) is 17.5 Å². The lowest BCUT2D eigenvalue weighted by atomic mass is 10.2. The first-order chi connectivity index (χ1) is 15.7. The quantitative estimate of drug-likeness (QED) is 0.320. The summed E-state index contributed by atoms with van der Waals surface area (Å²) in [5.41, 5.74) is 1.00. The second kappa shape index (κ2) is 9.02. The molecule has 2 aromatic heterocycles. The number of aromatic nitrogens is 2. The van der Waals surface area contributed by atoms with Crippen LogP contribution in [0.4, 0.5) is 23.2 Å². The molecule has 0 spiro atoms. The first-order valence-electron chi connectivity index (χ1n) is 9.66. The molecule has 6 nitrogen and oxygen atoms in total. The highest BCUT2D eigenvalue weighted by Crippen LogP contribution is 2.29. The molecule has 11 heteroatoms. The Morgan fingerprint density at radius 1 is 1.03 bits per heavy atom. The van der Waals surface area contributed by atoms with E-state index in [4.69, 9.17) is 0 Å². The minimum absolute atomic E-state index is 0.324. The van der Waals surface area contributed by atoms with Gasteiger partial charge in [0.1, 0.15) is 10.6 Å². The van der Waals surface area contributed by atoms with E-state index in [-0.39, 0.29) is 5.82 Å². The Labute approximate surface area is 188 Å². The summed E-state index contributed by atoms with van der Waals surface area (Å²) in [5.74, 6) is -6.30. The maximum atomic E-state index is 13.7. The topological polar surface area (TPSA) is 76.0 Å². The molecular formula is C22H16F4N4O2S. The van der Waals surface area contributed by atoms with E-state index in [1.165, 1.54) is 23.5 Å². The van der Waals surface area contributed by atoms with Gasteiger partial charge in [-0.3, -0.25) is 14.3 Å². The molecule has 0 saturated carbocycles. The third kappa shape index (κ3) is 4.72. The van der Waals surface area contributed by atoms with Gasteiger partial charge in [-0.05, 0) is 42.8 Å². The first-order valence-corrected chi connectivity index (χ1v) is 10.5. The molecule has 4 rings (SSSR count). The minimum Gasteiger partial charge on any atom is -0.342 e. The molecular weight excluding hydrogens is 460 g/mol.